The van der Waals surface area contributed by atoms with Gasteiger partial charge in [-0.3, -0.25) is 0 Å². The van der Waals surface area contributed by atoms with Crippen molar-refractivity contribution in [3.8, 4) is 0 Å². The second-order valence-electron chi connectivity index (χ2n) is 2.40. The molecule has 3 N–H and O–H groups in total. The predicted molar refractivity (Wildman–Crippen MR) is 48.3 cm³/mol. The largest absolute Gasteiger partial charge is 0.478 e. The van der Waals surface area contributed by atoms with Gasteiger partial charge < -0.3 is 10.8 Å². The number of nitrogens with zero attached hydrogens (tertiary/aromatic N) is 1. The summed E-state index contributed by atoms with van der Waals surface area (Å²) in [4.78, 5) is 13.9. The van der Waals surface area contributed by atoms with E-state index < -0.39 is 23.9 Å². The van der Waals surface area contributed by atoms with Gasteiger partial charge in [0.15, 0.2) is 0 Å². The number of pyridine rings is 1. The van der Waals surface area contributed by atoms with E-state index in [2.05, 4.69) is 20.9 Å². The molecule has 0 aromatic carbocycles. The summed E-state index contributed by atoms with van der Waals surface area (Å²) in [6, 6.07) is 0.935. The molecule has 14 heavy (non-hydrogen) atoms. The SMILES string of the molecule is Nc1nc(C(F)F)cc(Br)c1C(=O)O. The highest BCUT2D eigenvalue weighted by Gasteiger charge is 2.18. The van der Waals surface area contributed by atoms with E-state index in [-0.39, 0.29) is 10.0 Å². The second kappa shape index (κ2) is 3.87. The van der Waals surface area contributed by atoms with Crippen molar-refractivity contribution in [2.75, 3.05) is 5.73 Å². The molecule has 0 saturated carbocycles. The van der Waals surface area contributed by atoms with E-state index >= 15 is 0 Å². The van der Waals surface area contributed by atoms with Crippen molar-refractivity contribution >= 4 is 27.7 Å². The van der Waals surface area contributed by atoms with Crippen LogP contribution >= 0.6 is 15.9 Å². The summed E-state index contributed by atoms with van der Waals surface area (Å²) in [5, 5.41) is 8.64. The van der Waals surface area contributed by atoms with E-state index in [0.717, 1.165) is 6.07 Å². The molecule has 1 aromatic rings. The zero-order valence-electron chi connectivity index (χ0n) is 6.67. The predicted octanol–water partition coefficient (Wildman–Crippen LogP) is 2.06. The van der Waals surface area contributed by atoms with Crippen LogP contribution in [0.25, 0.3) is 0 Å². The number of hydrogen-bond acceptors (Lipinski definition) is 3. The molecule has 0 aliphatic heterocycles. The maximum absolute atomic E-state index is 12.2. The molecule has 0 fully saturated rings. The number of aromatic carboxylic acids is 1. The van der Waals surface area contributed by atoms with Gasteiger partial charge in [0.2, 0.25) is 0 Å². The lowest BCUT2D eigenvalue weighted by molar-refractivity contribution is 0.0696. The molecular weight excluding hydrogens is 262 g/mol. The van der Waals surface area contributed by atoms with Crippen LogP contribution in [0.4, 0.5) is 14.6 Å². The molecule has 1 aromatic heterocycles. The number of carbonyl (C=O) groups is 1. The average molecular weight is 267 g/mol. The van der Waals surface area contributed by atoms with Crippen LogP contribution in [0.3, 0.4) is 0 Å². The molecule has 1 rings (SSSR count). The fourth-order valence-electron chi connectivity index (χ4n) is 0.875. The molecule has 0 aliphatic rings. The molecule has 0 spiro atoms. The number of rotatable bonds is 2. The Morgan fingerprint density at radius 2 is 2.21 bits per heavy atom. The first-order valence-corrected chi connectivity index (χ1v) is 4.20. The third kappa shape index (κ3) is 1.98. The van der Waals surface area contributed by atoms with E-state index in [1.165, 1.54) is 0 Å². The van der Waals surface area contributed by atoms with Crippen LogP contribution in [0.5, 0.6) is 0 Å². The van der Waals surface area contributed by atoms with Gasteiger partial charge in [0.25, 0.3) is 6.43 Å². The first-order valence-electron chi connectivity index (χ1n) is 3.41. The standard InChI is InChI=1S/C7H5BrF2N2O2/c8-2-1-3(5(9)10)12-6(11)4(2)7(13)14/h1,5H,(H2,11,12)(H,13,14). The average Bonchev–Trinajstić information content (AvgIpc) is 2.01. The van der Waals surface area contributed by atoms with Gasteiger partial charge in [-0.15, -0.1) is 0 Å². The van der Waals surface area contributed by atoms with Crippen LogP contribution in [0.2, 0.25) is 0 Å². The summed E-state index contributed by atoms with van der Waals surface area (Å²) in [6.45, 7) is 0. The first kappa shape index (κ1) is 10.8. The highest BCUT2D eigenvalue weighted by molar-refractivity contribution is 9.10. The van der Waals surface area contributed by atoms with Crippen LogP contribution in [0, 0.1) is 0 Å². The van der Waals surface area contributed by atoms with Crippen molar-refractivity contribution in [2.24, 2.45) is 0 Å². The molecule has 7 heteroatoms. The van der Waals surface area contributed by atoms with Crippen LogP contribution in [-0.2, 0) is 0 Å². The van der Waals surface area contributed by atoms with Crippen molar-refractivity contribution < 1.29 is 18.7 Å². The second-order valence-corrected chi connectivity index (χ2v) is 3.25. The number of hydrogen-bond donors (Lipinski definition) is 2. The van der Waals surface area contributed by atoms with Crippen LogP contribution < -0.4 is 5.73 Å². The van der Waals surface area contributed by atoms with Gasteiger partial charge in [-0.05, 0) is 22.0 Å². The number of carboxylic acids is 1. The molecule has 0 aliphatic carbocycles. The minimum Gasteiger partial charge on any atom is -0.478 e. The lowest BCUT2D eigenvalue weighted by Gasteiger charge is -2.05. The quantitative estimate of drug-likeness (QED) is 0.859. The highest BCUT2D eigenvalue weighted by Crippen LogP contribution is 2.26. The van der Waals surface area contributed by atoms with Crippen molar-refractivity contribution in [3.63, 3.8) is 0 Å². The molecule has 1 heterocycles. The van der Waals surface area contributed by atoms with Crippen molar-refractivity contribution in [3.05, 3.63) is 21.8 Å². The molecular formula is C7H5BrF2N2O2. The van der Waals surface area contributed by atoms with Gasteiger partial charge in [-0.2, -0.15) is 0 Å². The van der Waals surface area contributed by atoms with Crippen LogP contribution in [0.15, 0.2) is 10.5 Å². The maximum atomic E-state index is 12.2. The summed E-state index contributed by atoms with van der Waals surface area (Å²) >= 11 is 2.83. The van der Waals surface area contributed by atoms with E-state index in [1.54, 1.807) is 0 Å². The molecule has 0 amide bonds. The summed E-state index contributed by atoms with van der Waals surface area (Å²) in [5.74, 6) is -1.75. The van der Waals surface area contributed by atoms with E-state index in [4.69, 9.17) is 10.8 Å². The number of nitrogen functional groups attached to an aromatic ring is 1. The molecule has 0 saturated heterocycles. The number of halogens is 3. The maximum Gasteiger partial charge on any atom is 0.340 e. The fourth-order valence-corrected chi connectivity index (χ4v) is 1.48. The van der Waals surface area contributed by atoms with Crippen molar-refractivity contribution in [1.29, 1.82) is 0 Å². The number of anilines is 1. The topological polar surface area (TPSA) is 76.2 Å². The van der Waals surface area contributed by atoms with E-state index in [9.17, 15) is 13.6 Å². The zero-order valence-corrected chi connectivity index (χ0v) is 8.25. The first-order chi connectivity index (χ1) is 6.43. The Balaban J connectivity index is 3.32. The fraction of sp³-hybridized carbons (Fsp3) is 0.143. The summed E-state index contributed by atoms with van der Waals surface area (Å²) in [7, 11) is 0. The third-order valence-electron chi connectivity index (χ3n) is 1.46. The molecule has 0 bridgehead atoms. The lowest BCUT2D eigenvalue weighted by atomic mass is 10.2. The minimum absolute atomic E-state index is 0.00667. The zero-order chi connectivity index (χ0) is 10.9. The van der Waals surface area contributed by atoms with Gasteiger partial charge in [0, 0.05) is 4.47 Å². The van der Waals surface area contributed by atoms with Gasteiger partial charge >= 0.3 is 5.97 Å². The number of carboxylic acid groups (broad SMARTS) is 1. The summed E-state index contributed by atoms with van der Waals surface area (Å²) in [5.41, 5.74) is 4.34. The summed E-state index contributed by atoms with van der Waals surface area (Å²) in [6.07, 6.45) is -2.78. The Morgan fingerprint density at radius 3 is 2.57 bits per heavy atom. The van der Waals surface area contributed by atoms with E-state index in [0.29, 0.717) is 0 Å². The van der Waals surface area contributed by atoms with Crippen LogP contribution in [0.1, 0.15) is 22.5 Å². The molecule has 0 unspecified atom stereocenters. The third-order valence-corrected chi connectivity index (χ3v) is 2.08. The molecule has 0 radical (unpaired) electrons. The minimum atomic E-state index is -2.78. The number of aromatic nitrogens is 1. The van der Waals surface area contributed by atoms with Gasteiger partial charge in [0.1, 0.15) is 17.1 Å². The van der Waals surface area contributed by atoms with Crippen molar-refractivity contribution in [2.45, 2.75) is 6.43 Å². The number of alkyl halides is 2. The Labute approximate surface area is 85.9 Å². The molecule has 4 nitrogen and oxygen atoms in total. The van der Waals surface area contributed by atoms with Gasteiger partial charge in [-0.1, -0.05) is 0 Å². The smallest absolute Gasteiger partial charge is 0.340 e. The summed E-state index contributed by atoms with van der Waals surface area (Å²) < 4.78 is 24.3. The Morgan fingerprint density at radius 1 is 1.64 bits per heavy atom. The van der Waals surface area contributed by atoms with E-state index in [1.807, 2.05) is 0 Å². The molecule has 0 atom stereocenters. The van der Waals surface area contributed by atoms with Crippen LogP contribution in [-0.4, -0.2) is 16.1 Å². The Kier molecular flexibility index (Phi) is 3.00. The highest BCUT2D eigenvalue weighted by atomic mass is 79.9. The van der Waals surface area contributed by atoms with Crippen molar-refractivity contribution in [1.82, 2.24) is 4.98 Å². The number of nitrogens with two attached hydrogens (primary N) is 1. The van der Waals surface area contributed by atoms with Gasteiger partial charge in [0.05, 0.1) is 0 Å². The monoisotopic (exact) mass is 266 g/mol. The lowest BCUT2D eigenvalue weighted by Crippen LogP contribution is -2.07. The molecule has 76 valence electrons. The Bertz CT molecular complexity index is 361. The Hall–Kier alpha value is -1.24. The van der Waals surface area contributed by atoms with Gasteiger partial charge in [-0.25, -0.2) is 18.6 Å². The normalized spacial score (nSPS) is 10.6.